The molecule has 1 N–H and O–H groups in total. The molecule has 2 atom stereocenters. The third-order valence-corrected chi connectivity index (χ3v) is 9.18. The van der Waals surface area contributed by atoms with Crippen LogP contribution in [0.25, 0.3) is 0 Å². The molecule has 4 aliphatic rings. The second-order valence-electron chi connectivity index (χ2n) is 11.2. The van der Waals surface area contributed by atoms with Gasteiger partial charge in [-0.05, 0) is 29.2 Å². The summed E-state index contributed by atoms with van der Waals surface area (Å²) in [6.45, 7) is 9.02. The summed E-state index contributed by atoms with van der Waals surface area (Å²) in [5, 5.41) is 2.92. The lowest BCUT2D eigenvalue weighted by Crippen LogP contribution is -2.31. The first-order valence-electron chi connectivity index (χ1n) is 13.5. The Morgan fingerprint density at radius 1 is 0.848 bits per heavy atom. The van der Waals surface area contributed by atoms with Gasteiger partial charge in [0, 0.05) is 12.7 Å². The molecule has 0 bridgehead atoms. The van der Waals surface area contributed by atoms with E-state index in [1.807, 2.05) is 4.90 Å². The Kier molecular flexibility index (Phi) is 6.99. The minimum atomic E-state index is -0.326. The standard InChI is InChI=1S/C29H40BFN2/c1-21-29(31)20-33(22(2)32-21)19-23-13-15-26(16-14-23)30-17-27(24-9-5-3-6-10-24)28(18-30)25-11-7-4-8-12-25/h13-16,20,24-25,27-28,32H,1-12,17-19H2. The normalized spacial score (nSPS) is 27.6. The predicted molar refractivity (Wildman–Crippen MR) is 138 cm³/mol. The maximum atomic E-state index is 14.0. The number of halogens is 1. The minimum Gasteiger partial charge on any atom is -0.340 e. The van der Waals surface area contributed by atoms with Crippen molar-refractivity contribution in [2.24, 2.45) is 23.7 Å². The van der Waals surface area contributed by atoms with Crippen molar-refractivity contribution in [1.29, 1.82) is 0 Å². The molecule has 2 unspecified atom stereocenters. The Bertz CT molecular complexity index is 853. The van der Waals surface area contributed by atoms with Crippen molar-refractivity contribution in [3.05, 3.63) is 66.5 Å². The smallest absolute Gasteiger partial charge is 0.176 e. The second-order valence-corrected chi connectivity index (χ2v) is 11.2. The number of nitrogens with zero attached hydrogens (tertiary/aromatic N) is 1. The number of nitrogens with one attached hydrogen (secondary N) is 1. The first-order valence-corrected chi connectivity index (χ1v) is 13.5. The zero-order valence-electron chi connectivity index (χ0n) is 20.2. The number of benzene rings is 1. The largest absolute Gasteiger partial charge is 0.340 e. The molecular formula is C29H40BFN2. The van der Waals surface area contributed by atoms with Crippen molar-refractivity contribution in [3.63, 3.8) is 0 Å². The fraction of sp³-hybridized carbons (Fsp3) is 0.586. The molecular weight excluding hydrogens is 406 g/mol. The van der Waals surface area contributed by atoms with Crippen LogP contribution in [0.4, 0.5) is 4.39 Å². The first-order chi connectivity index (χ1) is 16.1. The van der Waals surface area contributed by atoms with Gasteiger partial charge in [0.1, 0.15) is 5.82 Å². The summed E-state index contributed by atoms with van der Waals surface area (Å²) in [7, 11) is 0. The quantitative estimate of drug-likeness (QED) is 0.490. The van der Waals surface area contributed by atoms with Crippen LogP contribution in [-0.2, 0) is 6.54 Å². The van der Waals surface area contributed by atoms with Crippen LogP contribution in [0.3, 0.4) is 0 Å². The van der Waals surface area contributed by atoms with E-state index >= 15 is 0 Å². The summed E-state index contributed by atoms with van der Waals surface area (Å²) in [4.78, 5) is 1.83. The lowest BCUT2D eigenvalue weighted by Gasteiger charge is -2.37. The van der Waals surface area contributed by atoms with Crippen molar-refractivity contribution in [2.45, 2.75) is 83.4 Å². The maximum absolute atomic E-state index is 14.0. The third-order valence-electron chi connectivity index (χ3n) is 9.18. The molecule has 2 nitrogen and oxygen atoms in total. The molecule has 0 spiro atoms. The van der Waals surface area contributed by atoms with Crippen LogP contribution in [0.15, 0.2) is 61.0 Å². The van der Waals surface area contributed by atoms with Gasteiger partial charge in [0.2, 0.25) is 0 Å². The van der Waals surface area contributed by atoms with Crippen molar-refractivity contribution in [1.82, 2.24) is 10.2 Å². The van der Waals surface area contributed by atoms with E-state index in [0.717, 1.165) is 23.7 Å². The Hall–Kier alpha value is -1.97. The van der Waals surface area contributed by atoms with E-state index in [-0.39, 0.29) is 11.5 Å². The van der Waals surface area contributed by atoms with Crippen molar-refractivity contribution < 1.29 is 4.39 Å². The highest BCUT2D eigenvalue weighted by molar-refractivity contribution is 6.74. The molecule has 2 saturated carbocycles. The average molecular weight is 446 g/mol. The molecule has 1 aromatic rings. The van der Waals surface area contributed by atoms with Gasteiger partial charge in [0.05, 0.1) is 5.70 Å². The van der Waals surface area contributed by atoms with Gasteiger partial charge in [-0.25, -0.2) is 4.39 Å². The number of hydrogen-bond donors (Lipinski definition) is 1. The monoisotopic (exact) mass is 446 g/mol. The van der Waals surface area contributed by atoms with Gasteiger partial charge in [0.15, 0.2) is 12.5 Å². The maximum Gasteiger partial charge on any atom is 0.176 e. The number of hydrogen-bond acceptors (Lipinski definition) is 2. The average Bonchev–Trinajstić information content (AvgIpc) is 3.30. The summed E-state index contributed by atoms with van der Waals surface area (Å²) >= 11 is 0. The molecule has 3 fully saturated rings. The van der Waals surface area contributed by atoms with Gasteiger partial charge in [-0.15, -0.1) is 0 Å². The Balaban J connectivity index is 1.28. The number of allylic oxidation sites excluding steroid dienone is 1. The molecule has 1 saturated heterocycles. The van der Waals surface area contributed by atoms with Gasteiger partial charge in [-0.3, -0.25) is 0 Å². The first kappa shape index (κ1) is 22.8. The predicted octanol–water partition coefficient (Wildman–Crippen LogP) is 7.00. The van der Waals surface area contributed by atoms with Crippen LogP contribution in [0.2, 0.25) is 12.6 Å². The van der Waals surface area contributed by atoms with Crippen molar-refractivity contribution >= 4 is 12.2 Å². The molecule has 2 aliphatic heterocycles. The van der Waals surface area contributed by atoms with Gasteiger partial charge in [-0.1, -0.05) is 120 Å². The molecule has 5 rings (SSSR count). The fourth-order valence-electron chi connectivity index (χ4n) is 7.42. The SMILES string of the molecule is C=C1NC(=C)N(Cc2ccc(B3CC(C4CCCCC4)C(C4CCCCC4)C3)cc2)C=C1F. The van der Waals surface area contributed by atoms with Crippen LogP contribution in [0.1, 0.15) is 69.8 Å². The van der Waals surface area contributed by atoms with E-state index in [4.69, 9.17) is 0 Å². The van der Waals surface area contributed by atoms with Gasteiger partial charge in [-0.2, -0.15) is 0 Å². The number of rotatable bonds is 5. The Morgan fingerprint density at radius 3 is 1.94 bits per heavy atom. The van der Waals surface area contributed by atoms with Gasteiger partial charge in [0.25, 0.3) is 0 Å². The fourth-order valence-corrected chi connectivity index (χ4v) is 7.42. The van der Waals surface area contributed by atoms with Crippen LogP contribution >= 0.6 is 0 Å². The minimum absolute atomic E-state index is 0.285. The lowest BCUT2D eigenvalue weighted by atomic mass is 9.42. The highest BCUT2D eigenvalue weighted by Crippen LogP contribution is 2.49. The summed E-state index contributed by atoms with van der Waals surface area (Å²) in [6.07, 6.45) is 18.9. The third kappa shape index (κ3) is 5.10. The van der Waals surface area contributed by atoms with E-state index in [2.05, 4.69) is 42.7 Å². The molecule has 2 aliphatic carbocycles. The van der Waals surface area contributed by atoms with Crippen LogP contribution in [-0.4, -0.2) is 11.6 Å². The van der Waals surface area contributed by atoms with Crippen LogP contribution < -0.4 is 10.8 Å². The highest BCUT2D eigenvalue weighted by atomic mass is 19.1. The molecule has 0 radical (unpaired) electrons. The topological polar surface area (TPSA) is 15.3 Å². The highest BCUT2D eigenvalue weighted by Gasteiger charge is 2.44. The zero-order chi connectivity index (χ0) is 22.8. The van der Waals surface area contributed by atoms with Gasteiger partial charge >= 0.3 is 0 Å². The van der Waals surface area contributed by atoms with Crippen molar-refractivity contribution in [2.75, 3.05) is 0 Å². The van der Waals surface area contributed by atoms with E-state index < -0.39 is 0 Å². The Morgan fingerprint density at radius 2 is 1.39 bits per heavy atom. The molecule has 176 valence electrons. The van der Waals surface area contributed by atoms with Crippen LogP contribution in [0.5, 0.6) is 0 Å². The van der Waals surface area contributed by atoms with E-state index in [1.165, 1.54) is 94.1 Å². The molecule has 33 heavy (non-hydrogen) atoms. The molecule has 2 heterocycles. The van der Waals surface area contributed by atoms with Crippen molar-refractivity contribution in [3.8, 4) is 0 Å². The molecule has 0 amide bonds. The van der Waals surface area contributed by atoms with Crippen LogP contribution in [0, 0.1) is 23.7 Å². The second kappa shape index (κ2) is 10.1. The lowest BCUT2D eigenvalue weighted by molar-refractivity contribution is 0.144. The summed E-state index contributed by atoms with van der Waals surface area (Å²) < 4.78 is 14.0. The zero-order valence-corrected chi connectivity index (χ0v) is 20.2. The Labute approximate surface area is 200 Å². The summed E-state index contributed by atoms with van der Waals surface area (Å²) in [5.41, 5.74) is 2.99. The molecule has 0 aromatic heterocycles. The van der Waals surface area contributed by atoms with Gasteiger partial charge < -0.3 is 10.2 Å². The summed E-state index contributed by atoms with van der Waals surface area (Å²) in [6, 6.07) is 9.17. The van der Waals surface area contributed by atoms with E-state index in [0.29, 0.717) is 19.1 Å². The summed E-state index contributed by atoms with van der Waals surface area (Å²) in [5.74, 6) is 4.19. The molecule has 1 aromatic carbocycles. The van der Waals surface area contributed by atoms with E-state index in [1.54, 1.807) is 0 Å². The van der Waals surface area contributed by atoms with E-state index in [9.17, 15) is 4.39 Å². The molecule has 4 heteroatoms.